The highest BCUT2D eigenvalue weighted by Crippen LogP contribution is 2.29. The van der Waals surface area contributed by atoms with Crippen molar-refractivity contribution >= 4 is 50.1 Å². The Bertz CT molecular complexity index is 1600. The molecule has 0 radical (unpaired) electrons. The van der Waals surface area contributed by atoms with Crippen LogP contribution < -0.4 is 16.7 Å². The number of anilines is 2. The average molecular weight is 543 g/mol. The molecule has 0 amide bonds. The zero-order valence-electron chi connectivity index (χ0n) is 17.7. The number of benzene rings is 2. The van der Waals surface area contributed by atoms with Gasteiger partial charge in [0.05, 0.1) is 35.5 Å². The smallest absolute Gasteiger partial charge is 0.324 e. The first kappa shape index (κ1) is 22.0. The molecule has 13 heteroatoms. The fourth-order valence-electron chi connectivity index (χ4n) is 3.52. The van der Waals surface area contributed by atoms with Crippen molar-refractivity contribution in [1.82, 2.24) is 39.3 Å². The zero-order chi connectivity index (χ0) is 23.8. The lowest BCUT2D eigenvalue weighted by molar-refractivity contribution is 0.583. The third-order valence-corrected chi connectivity index (χ3v) is 5.98. The van der Waals surface area contributed by atoms with Crippen molar-refractivity contribution in [2.75, 3.05) is 5.32 Å². The molecule has 5 aromatic rings. The van der Waals surface area contributed by atoms with Crippen molar-refractivity contribution in [2.45, 2.75) is 13.1 Å². The summed E-state index contributed by atoms with van der Waals surface area (Å²) < 4.78 is 4.98. The molecule has 3 heterocycles. The summed E-state index contributed by atoms with van der Waals surface area (Å²) in [5.41, 5.74) is 1.22. The molecule has 0 bridgehead atoms. The van der Waals surface area contributed by atoms with E-state index in [1.165, 1.54) is 10.8 Å². The molecule has 2 aromatic carbocycles. The van der Waals surface area contributed by atoms with Crippen molar-refractivity contribution in [3.8, 4) is 0 Å². The third-order valence-electron chi connectivity index (χ3n) is 5.14. The minimum atomic E-state index is -0.721. The SMILES string of the molecule is Cn1cc2cc(Nc3nc(=O)n(Cc4cn[nH]n4)c(=O)n3Cc3ccc(Br)cc3)c(Cl)cc2n1. The highest BCUT2D eigenvalue weighted by Gasteiger charge is 2.17. The van der Waals surface area contributed by atoms with E-state index < -0.39 is 11.4 Å². The summed E-state index contributed by atoms with van der Waals surface area (Å²) >= 11 is 9.88. The van der Waals surface area contributed by atoms with Crippen LogP contribution in [0.3, 0.4) is 0 Å². The third kappa shape index (κ3) is 4.37. The summed E-state index contributed by atoms with van der Waals surface area (Å²) in [5.74, 6) is 0.0689. The van der Waals surface area contributed by atoms with Crippen molar-refractivity contribution in [3.63, 3.8) is 0 Å². The standard InChI is InChI=1S/C21H17BrClN9O2/c1-30-10-13-6-18(16(23)7-17(13)28-30)25-19-26-20(33)32(11-15-8-24-29-27-15)21(34)31(19)9-12-2-4-14(22)5-3-12/h2-8,10H,9,11H2,1H3,(H,24,27,29)(H,25,26,33). The van der Waals surface area contributed by atoms with Gasteiger partial charge in [-0.1, -0.05) is 39.7 Å². The molecule has 2 N–H and O–H groups in total. The number of halogens is 2. The van der Waals surface area contributed by atoms with Crippen LogP contribution in [0.5, 0.6) is 0 Å². The van der Waals surface area contributed by atoms with E-state index in [-0.39, 0.29) is 19.0 Å². The predicted molar refractivity (Wildman–Crippen MR) is 130 cm³/mol. The van der Waals surface area contributed by atoms with Crippen molar-refractivity contribution in [2.24, 2.45) is 7.05 Å². The number of hydrogen-bond acceptors (Lipinski definition) is 7. The Labute approximate surface area is 205 Å². The number of nitrogens with zero attached hydrogens (tertiary/aromatic N) is 7. The summed E-state index contributed by atoms with van der Waals surface area (Å²) in [6.45, 7) is 0.109. The van der Waals surface area contributed by atoms with Gasteiger partial charge in [-0.15, -0.1) is 0 Å². The van der Waals surface area contributed by atoms with Crippen LogP contribution in [-0.2, 0) is 20.1 Å². The number of fused-ring (bicyclic) bond motifs is 1. The molecule has 172 valence electrons. The number of nitrogens with one attached hydrogen (secondary N) is 2. The van der Waals surface area contributed by atoms with Crippen molar-refractivity contribution in [1.29, 1.82) is 0 Å². The molecule has 0 atom stereocenters. The molecule has 0 spiro atoms. The maximum absolute atomic E-state index is 13.4. The van der Waals surface area contributed by atoms with Crippen molar-refractivity contribution < 1.29 is 0 Å². The Kier molecular flexibility index (Phi) is 5.75. The van der Waals surface area contributed by atoms with E-state index in [9.17, 15) is 9.59 Å². The monoisotopic (exact) mass is 541 g/mol. The minimum absolute atomic E-state index is 0.0653. The molecule has 0 aliphatic heterocycles. The summed E-state index contributed by atoms with van der Waals surface area (Å²) in [5, 5.41) is 18.8. The number of rotatable bonds is 6. The van der Waals surface area contributed by atoms with E-state index in [1.807, 2.05) is 37.5 Å². The summed E-state index contributed by atoms with van der Waals surface area (Å²) in [7, 11) is 1.81. The second kappa shape index (κ2) is 8.88. The van der Waals surface area contributed by atoms with Gasteiger partial charge in [0, 0.05) is 23.1 Å². The highest BCUT2D eigenvalue weighted by atomic mass is 79.9. The second-order valence-electron chi connectivity index (χ2n) is 7.58. The lowest BCUT2D eigenvalue weighted by Gasteiger charge is -2.16. The quantitative estimate of drug-likeness (QED) is 0.338. The van der Waals surface area contributed by atoms with Gasteiger partial charge in [0.15, 0.2) is 0 Å². The number of aromatic amines is 1. The topological polar surface area (TPSA) is 128 Å². The van der Waals surface area contributed by atoms with Crippen LogP contribution in [0.2, 0.25) is 5.02 Å². The molecule has 0 saturated heterocycles. The van der Waals surface area contributed by atoms with Gasteiger partial charge < -0.3 is 5.32 Å². The fraction of sp³-hybridized carbons (Fsp3) is 0.143. The van der Waals surface area contributed by atoms with Crippen LogP contribution in [0.25, 0.3) is 10.9 Å². The van der Waals surface area contributed by atoms with E-state index in [4.69, 9.17) is 11.6 Å². The van der Waals surface area contributed by atoms with E-state index >= 15 is 0 Å². The first-order valence-corrected chi connectivity index (χ1v) is 11.2. The van der Waals surface area contributed by atoms with Gasteiger partial charge in [-0.3, -0.25) is 9.25 Å². The van der Waals surface area contributed by atoms with Crippen LogP contribution in [0.15, 0.2) is 62.9 Å². The van der Waals surface area contributed by atoms with Gasteiger partial charge in [0.2, 0.25) is 5.95 Å². The molecule has 11 nitrogen and oxygen atoms in total. The maximum Gasteiger partial charge on any atom is 0.355 e. The molecule has 0 saturated carbocycles. The Morgan fingerprint density at radius 2 is 1.91 bits per heavy atom. The van der Waals surface area contributed by atoms with Crippen LogP contribution >= 0.6 is 27.5 Å². The van der Waals surface area contributed by atoms with E-state index in [0.717, 1.165) is 25.5 Å². The highest BCUT2D eigenvalue weighted by molar-refractivity contribution is 9.10. The van der Waals surface area contributed by atoms with Gasteiger partial charge in [-0.05, 0) is 29.8 Å². The number of aryl methyl sites for hydroxylation is 1. The molecule has 0 fully saturated rings. The zero-order valence-corrected chi connectivity index (χ0v) is 20.1. The van der Waals surface area contributed by atoms with Crippen LogP contribution in [0, 0.1) is 0 Å². The summed E-state index contributed by atoms with van der Waals surface area (Å²) in [6, 6.07) is 11.0. The van der Waals surface area contributed by atoms with Gasteiger partial charge in [0.1, 0.15) is 5.69 Å². The number of aromatic nitrogens is 8. The number of hydrogen-bond donors (Lipinski definition) is 2. The Balaban J connectivity index is 1.61. The lowest BCUT2D eigenvalue weighted by atomic mass is 10.2. The molecule has 0 unspecified atom stereocenters. The Morgan fingerprint density at radius 3 is 2.65 bits per heavy atom. The average Bonchev–Trinajstić information content (AvgIpc) is 3.44. The van der Waals surface area contributed by atoms with Gasteiger partial charge in [-0.25, -0.2) is 14.2 Å². The molecule has 0 aliphatic carbocycles. The second-order valence-corrected chi connectivity index (χ2v) is 8.90. The van der Waals surface area contributed by atoms with E-state index in [0.29, 0.717) is 16.4 Å². The van der Waals surface area contributed by atoms with Gasteiger partial charge >= 0.3 is 11.4 Å². The first-order chi connectivity index (χ1) is 16.4. The van der Waals surface area contributed by atoms with Gasteiger partial charge in [0.25, 0.3) is 0 Å². The lowest BCUT2D eigenvalue weighted by Crippen LogP contribution is -2.43. The fourth-order valence-corrected chi connectivity index (χ4v) is 3.99. The Hall–Kier alpha value is -3.77. The van der Waals surface area contributed by atoms with E-state index in [1.54, 1.807) is 16.8 Å². The van der Waals surface area contributed by atoms with E-state index in [2.05, 4.69) is 46.7 Å². The minimum Gasteiger partial charge on any atom is -0.324 e. The molecule has 34 heavy (non-hydrogen) atoms. The maximum atomic E-state index is 13.4. The van der Waals surface area contributed by atoms with Gasteiger partial charge in [-0.2, -0.15) is 25.5 Å². The molecule has 0 aliphatic rings. The molecular formula is C21H17BrClN9O2. The molecular weight excluding hydrogens is 526 g/mol. The van der Waals surface area contributed by atoms with Crippen LogP contribution in [0.4, 0.5) is 11.6 Å². The normalized spacial score (nSPS) is 11.3. The van der Waals surface area contributed by atoms with Crippen LogP contribution in [0.1, 0.15) is 11.3 Å². The summed E-state index contributed by atoms with van der Waals surface area (Å²) in [4.78, 5) is 30.4. The summed E-state index contributed by atoms with van der Waals surface area (Å²) in [6.07, 6.45) is 3.29. The molecule has 3 aromatic heterocycles. The van der Waals surface area contributed by atoms with Crippen molar-refractivity contribution in [3.05, 3.63) is 90.5 Å². The predicted octanol–water partition coefficient (Wildman–Crippen LogP) is 2.67. The largest absolute Gasteiger partial charge is 0.355 e. The molecule has 5 rings (SSSR count). The Morgan fingerprint density at radius 1 is 1.12 bits per heavy atom. The number of H-pyrrole nitrogens is 1. The first-order valence-electron chi connectivity index (χ1n) is 10.1. The van der Waals surface area contributed by atoms with Crippen LogP contribution in [-0.4, -0.2) is 39.3 Å².